The summed E-state index contributed by atoms with van der Waals surface area (Å²) in [5.74, 6) is 0.640. The number of hydrogen-bond donors (Lipinski definition) is 1. The van der Waals surface area contributed by atoms with Gasteiger partial charge in [-0.05, 0) is 31.0 Å². The molecule has 1 saturated carbocycles. The minimum absolute atomic E-state index is 0.0470. The Kier molecular flexibility index (Phi) is 5.13. The molecule has 1 atom stereocenters. The van der Waals surface area contributed by atoms with Crippen LogP contribution in [0.15, 0.2) is 18.2 Å². The Morgan fingerprint density at radius 3 is 2.78 bits per heavy atom. The van der Waals surface area contributed by atoms with Crippen LogP contribution in [0.2, 0.25) is 10.0 Å². The van der Waals surface area contributed by atoms with Gasteiger partial charge in [-0.3, -0.25) is 0 Å². The second-order valence-corrected chi connectivity index (χ2v) is 5.30. The Bertz CT molecular complexity index is 397. The molecule has 5 heteroatoms. The number of nitrogens with one attached hydrogen (secondary N) is 1. The molecule has 1 unspecified atom stereocenters. The molecule has 1 aliphatic carbocycles. The SMILES string of the molecule is COCC(CNC1CC1)Oc1ccc(Cl)cc1Cl. The van der Waals surface area contributed by atoms with Crippen molar-refractivity contribution in [2.24, 2.45) is 0 Å². The highest BCUT2D eigenvalue weighted by Crippen LogP contribution is 2.28. The van der Waals surface area contributed by atoms with Gasteiger partial charge in [0, 0.05) is 24.7 Å². The summed E-state index contributed by atoms with van der Waals surface area (Å²) in [7, 11) is 1.66. The van der Waals surface area contributed by atoms with E-state index in [1.54, 1.807) is 25.3 Å². The first-order chi connectivity index (χ1) is 8.69. The summed E-state index contributed by atoms with van der Waals surface area (Å²) in [5, 5.41) is 4.55. The topological polar surface area (TPSA) is 30.5 Å². The van der Waals surface area contributed by atoms with Crippen molar-refractivity contribution >= 4 is 23.2 Å². The Balaban J connectivity index is 1.92. The van der Waals surface area contributed by atoms with E-state index in [0.29, 0.717) is 28.4 Å². The molecule has 1 fully saturated rings. The molecule has 100 valence electrons. The third-order valence-corrected chi connectivity index (χ3v) is 3.28. The Hall–Kier alpha value is -0.480. The van der Waals surface area contributed by atoms with E-state index >= 15 is 0 Å². The van der Waals surface area contributed by atoms with Crippen LogP contribution in [-0.2, 0) is 4.74 Å². The third kappa shape index (κ3) is 4.32. The number of benzene rings is 1. The summed E-state index contributed by atoms with van der Waals surface area (Å²) >= 11 is 11.9. The number of halogens is 2. The van der Waals surface area contributed by atoms with Crippen molar-refractivity contribution in [3.63, 3.8) is 0 Å². The summed E-state index contributed by atoms with van der Waals surface area (Å²) in [4.78, 5) is 0. The highest BCUT2D eigenvalue weighted by atomic mass is 35.5. The molecule has 2 rings (SSSR count). The lowest BCUT2D eigenvalue weighted by Crippen LogP contribution is -2.36. The first-order valence-electron chi connectivity index (χ1n) is 6.03. The zero-order valence-corrected chi connectivity index (χ0v) is 11.8. The molecule has 1 aromatic carbocycles. The molecule has 0 aliphatic heterocycles. The fraction of sp³-hybridized carbons (Fsp3) is 0.538. The Morgan fingerprint density at radius 2 is 2.17 bits per heavy atom. The molecule has 0 spiro atoms. The summed E-state index contributed by atoms with van der Waals surface area (Å²) in [5.41, 5.74) is 0. The molecule has 0 bridgehead atoms. The van der Waals surface area contributed by atoms with Gasteiger partial charge in [-0.1, -0.05) is 23.2 Å². The van der Waals surface area contributed by atoms with Crippen LogP contribution in [0, 0.1) is 0 Å². The maximum Gasteiger partial charge on any atom is 0.138 e. The maximum absolute atomic E-state index is 6.08. The van der Waals surface area contributed by atoms with Gasteiger partial charge in [0.2, 0.25) is 0 Å². The fourth-order valence-corrected chi connectivity index (χ4v) is 2.11. The lowest BCUT2D eigenvalue weighted by atomic mass is 10.3. The molecule has 0 saturated heterocycles. The predicted octanol–water partition coefficient (Wildman–Crippen LogP) is 3.14. The van der Waals surface area contributed by atoms with E-state index in [1.807, 2.05) is 0 Å². The second-order valence-electron chi connectivity index (χ2n) is 4.45. The second kappa shape index (κ2) is 6.62. The van der Waals surface area contributed by atoms with Crippen molar-refractivity contribution in [1.82, 2.24) is 5.32 Å². The van der Waals surface area contributed by atoms with Crippen LogP contribution in [0.25, 0.3) is 0 Å². The summed E-state index contributed by atoms with van der Waals surface area (Å²) in [6.45, 7) is 1.29. The monoisotopic (exact) mass is 289 g/mol. The fourth-order valence-electron chi connectivity index (χ4n) is 1.66. The van der Waals surface area contributed by atoms with E-state index < -0.39 is 0 Å². The molecule has 0 heterocycles. The van der Waals surface area contributed by atoms with Crippen molar-refractivity contribution in [1.29, 1.82) is 0 Å². The van der Waals surface area contributed by atoms with Gasteiger partial charge in [-0.25, -0.2) is 0 Å². The molecule has 3 nitrogen and oxygen atoms in total. The van der Waals surface area contributed by atoms with E-state index in [9.17, 15) is 0 Å². The zero-order chi connectivity index (χ0) is 13.0. The first-order valence-corrected chi connectivity index (χ1v) is 6.78. The van der Waals surface area contributed by atoms with Crippen molar-refractivity contribution in [3.05, 3.63) is 28.2 Å². The van der Waals surface area contributed by atoms with Crippen molar-refractivity contribution in [2.75, 3.05) is 20.3 Å². The molecule has 0 amide bonds. The molecule has 1 aliphatic rings. The van der Waals surface area contributed by atoms with E-state index in [-0.39, 0.29) is 6.10 Å². The van der Waals surface area contributed by atoms with Gasteiger partial charge in [-0.2, -0.15) is 0 Å². The van der Waals surface area contributed by atoms with Crippen molar-refractivity contribution in [3.8, 4) is 5.75 Å². The Labute approximate surface area is 117 Å². The average molecular weight is 290 g/mol. The van der Waals surface area contributed by atoms with Crippen LogP contribution < -0.4 is 10.1 Å². The molecule has 1 aromatic rings. The number of ether oxygens (including phenoxy) is 2. The molecule has 18 heavy (non-hydrogen) atoms. The highest BCUT2D eigenvalue weighted by molar-refractivity contribution is 6.35. The zero-order valence-electron chi connectivity index (χ0n) is 10.3. The molecule has 0 aromatic heterocycles. The normalized spacial score (nSPS) is 16.6. The van der Waals surface area contributed by atoms with Gasteiger partial charge in [0.1, 0.15) is 11.9 Å². The minimum Gasteiger partial charge on any atom is -0.485 e. The summed E-state index contributed by atoms with van der Waals surface area (Å²) in [6, 6.07) is 5.87. The van der Waals surface area contributed by atoms with Gasteiger partial charge in [0.15, 0.2) is 0 Å². The summed E-state index contributed by atoms with van der Waals surface area (Å²) < 4.78 is 11.0. The van der Waals surface area contributed by atoms with E-state index in [2.05, 4.69) is 5.32 Å². The number of rotatable bonds is 7. The van der Waals surface area contributed by atoms with Gasteiger partial charge < -0.3 is 14.8 Å². The summed E-state index contributed by atoms with van der Waals surface area (Å²) in [6.07, 6.45) is 2.46. The smallest absolute Gasteiger partial charge is 0.138 e. The standard InChI is InChI=1S/C13H17Cl2NO2/c1-17-8-11(7-16-10-3-4-10)18-13-5-2-9(14)6-12(13)15/h2,5-6,10-11,16H,3-4,7-8H2,1H3. The van der Waals surface area contributed by atoms with Gasteiger partial charge in [0.25, 0.3) is 0 Å². The van der Waals surface area contributed by atoms with Gasteiger partial charge >= 0.3 is 0 Å². The van der Waals surface area contributed by atoms with Crippen LogP contribution in [-0.4, -0.2) is 32.4 Å². The number of methoxy groups -OCH3 is 1. The quantitative estimate of drug-likeness (QED) is 0.837. The lowest BCUT2D eigenvalue weighted by molar-refractivity contribution is 0.0804. The molecular weight excluding hydrogens is 273 g/mol. The third-order valence-electron chi connectivity index (χ3n) is 2.75. The van der Waals surface area contributed by atoms with Crippen LogP contribution in [0.1, 0.15) is 12.8 Å². The highest BCUT2D eigenvalue weighted by Gasteiger charge is 2.22. The Morgan fingerprint density at radius 1 is 1.39 bits per heavy atom. The van der Waals surface area contributed by atoms with Crippen molar-refractivity contribution in [2.45, 2.75) is 25.0 Å². The van der Waals surface area contributed by atoms with Crippen LogP contribution in [0.5, 0.6) is 5.75 Å². The number of hydrogen-bond acceptors (Lipinski definition) is 3. The maximum atomic E-state index is 6.08. The van der Waals surface area contributed by atoms with Gasteiger partial charge in [-0.15, -0.1) is 0 Å². The van der Waals surface area contributed by atoms with Crippen molar-refractivity contribution < 1.29 is 9.47 Å². The average Bonchev–Trinajstić information content (AvgIpc) is 3.13. The molecular formula is C13H17Cl2NO2. The van der Waals surface area contributed by atoms with E-state index in [4.69, 9.17) is 32.7 Å². The minimum atomic E-state index is -0.0470. The lowest BCUT2D eigenvalue weighted by Gasteiger charge is -2.19. The van der Waals surface area contributed by atoms with Crippen LogP contribution in [0.3, 0.4) is 0 Å². The largest absolute Gasteiger partial charge is 0.485 e. The van der Waals surface area contributed by atoms with Crippen LogP contribution in [0.4, 0.5) is 0 Å². The molecule has 1 N–H and O–H groups in total. The van der Waals surface area contributed by atoms with Crippen LogP contribution >= 0.6 is 23.2 Å². The van der Waals surface area contributed by atoms with Gasteiger partial charge in [0.05, 0.1) is 11.6 Å². The van der Waals surface area contributed by atoms with E-state index in [0.717, 1.165) is 6.54 Å². The van der Waals surface area contributed by atoms with E-state index in [1.165, 1.54) is 12.8 Å². The predicted molar refractivity (Wildman–Crippen MR) is 73.8 cm³/mol. The molecule has 0 radical (unpaired) electrons. The first kappa shape index (κ1) is 13.9.